The molecular formula is C16H12BrClN4O5S. The van der Waals surface area contributed by atoms with Crippen LogP contribution in [0.25, 0.3) is 22.1 Å². The van der Waals surface area contributed by atoms with Gasteiger partial charge in [0, 0.05) is 18.6 Å². The lowest BCUT2D eigenvalue weighted by Gasteiger charge is -2.11. The third kappa shape index (κ3) is 2.77. The molecule has 0 atom stereocenters. The summed E-state index contributed by atoms with van der Waals surface area (Å²) in [6, 6.07) is 6.12. The molecule has 4 aromatic rings. The van der Waals surface area contributed by atoms with Gasteiger partial charge in [-0.05, 0) is 40.2 Å². The van der Waals surface area contributed by atoms with E-state index in [-0.39, 0.29) is 36.9 Å². The van der Waals surface area contributed by atoms with Crippen molar-refractivity contribution < 1.29 is 12.8 Å². The van der Waals surface area contributed by atoms with Crippen molar-refractivity contribution in [3.8, 4) is 0 Å². The second kappa shape index (κ2) is 6.26. The Hall–Kier alpha value is -2.50. The van der Waals surface area contributed by atoms with Crippen molar-refractivity contribution in [2.45, 2.75) is 4.90 Å². The molecule has 146 valence electrons. The number of imidazole rings is 1. The highest BCUT2D eigenvalue weighted by Crippen LogP contribution is 2.36. The van der Waals surface area contributed by atoms with E-state index in [4.69, 9.17) is 16.0 Å². The molecule has 0 bridgehead atoms. The highest BCUT2D eigenvalue weighted by atomic mass is 79.9. The number of aromatic nitrogens is 3. The van der Waals surface area contributed by atoms with Crippen molar-refractivity contribution in [2.75, 3.05) is 4.72 Å². The monoisotopic (exact) mass is 486 g/mol. The number of H-pyrrole nitrogens is 1. The molecule has 12 heteroatoms. The Kier molecular flexibility index (Phi) is 4.21. The van der Waals surface area contributed by atoms with Crippen LogP contribution in [0.4, 0.5) is 5.69 Å². The molecule has 0 saturated carbocycles. The quantitative estimate of drug-likeness (QED) is 0.460. The van der Waals surface area contributed by atoms with E-state index in [0.717, 1.165) is 0 Å². The number of benzene rings is 2. The zero-order valence-electron chi connectivity index (χ0n) is 14.4. The molecule has 9 nitrogen and oxygen atoms in total. The lowest BCUT2D eigenvalue weighted by Crippen LogP contribution is -2.19. The Bertz CT molecular complexity index is 1500. The van der Waals surface area contributed by atoms with Crippen molar-refractivity contribution in [1.29, 1.82) is 0 Å². The van der Waals surface area contributed by atoms with E-state index in [1.807, 2.05) is 0 Å². The summed E-state index contributed by atoms with van der Waals surface area (Å²) in [5.74, 6) is -0.748. The molecule has 0 aliphatic rings. The number of nitrogens with one attached hydrogen (secondary N) is 2. The number of hydrogen-bond acceptors (Lipinski definition) is 5. The standard InChI is InChI=1S/C16H12BrClN4O5S/c1-21-10-4-3-7(5-11(10)22(2)16(21)24)20-28(25,26)14-8(17)6-9-13(12(14)18)27-15(23)19-9/h3-6,20H,1-2H3,(H,19,23). The Labute approximate surface area is 170 Å². The van der Waals surface area contributed by atoms with Gasteiger partial charge in [-0.3, -0.25) is 18.8 Å². The zero-order valence-corrected chi connectivity index (χ0v) is 17.6. The molecule has 0 saturated heterocycles. The van der Waals surface area contributed by atoms with Gasteiger partial charge in [0.15, 0.2) is 5.58 Å². The average molecular weight is 488 g/mol. The van der Waals surface area contributed by atoms with Crippen LogP contribution in [-0.4, -0.2) is 22.5 Å². The number of aryl methyl sites for hydroxylation is 2. The first-order chi connectivity index (χ1) is 13.1. The molecule has 0 unspecified atom stereocenters. The van der Waals surface area contributed by atoms with Gasteiger partial charge in [-0.15, -0.1) is 0 Å². The number of aromatic amines is 1. The molecule has 0 radical (unpaired) electrons. The summed E-state index contributed by atoms with van der Waals surface area (Å²) >= 11 is 9.38. The largest absolute Gasteiger partial charge is 0.417 e. The van der Waals surface area contributed by atoms with Crippen molar-refractivity contribution in [2.24, 2.45) is 14.1 Å². The van der Waals surface area contributed by atoms with Crippen molar-refractivity contribution in [1.82, 2.24) is 14.1 Å². The molecule has 0 aliphatic carbocycles. The summed E-state index contributed by atoms with van der Waals surface area (Å²) in [6.07, 6.45) is 0. The van der Waals surface area contributed by atoms with Crippen LogP contribution in [0.15, 0.2) is 47.6 Å². The fraction of sp³-hybridized carbons (Fsp3) is 0.125. The van der Waals surface area contributed by atoms with Gasteiger partial charge in [0.25, 0.3) is 10.0 Å². The molecular weight excluding hydrogens is 476 g/mol. The molecule has 0 amide bonds. The molecule has 2 heterocycles. The number of fused-ring (bicyclic) bond motifs is 2. The summed E-state index contributed by atoms with van der Waals surface area (Å²) < 4.78 is 36.3. The molecule has 2 aromatic heterocycles. The number of hydrogen-bond donors (Lipinski definition) is 2. The number of rotatable bonds is 3. The lowest BCUT2D eigenvalue weighted by molar-refractivity contribution is 0.554. The van der Waals surface area contributed by atoms with E-state index in [1.165, 1.54) is 21.3 Å². The minimum atomic E-state index is -4.14. The van der Waals surface area contributed by atoms with E-state index in [9.17, 15) is 18.0 Å². The van der Waals surface area contributed by atoms with Gasteiger partial charge in [0.2, 0.25) is 0 Å². The molecule has 28 heavy (non-hydrogen) atoms. The SMILES string of the molecule is Cn1c(=O)n(C)c2cc(NS(=O)(=O)c3c(Br)cc4[nH]c(=O)oc4c3Cl)ccc21. The lowest BCUT2D eigenvalue weighted by atomic mass is 10.3. The highest BCUT2D eigenvalue weighted by molar-refractivity contribution is 9.10. The van der Waals surface area contributed by atoms with Crippen molar-refractivity contribution in [3.63, 3.8) is 0 Å². The maximum absolute atomic E-state index is 13.0. The molecule has 2 N–H and O–H groups in total. The van der Waals surface area contributed by atoms with Gasteiger partial charge < -0.3 is 4.42 Å². The van der Waals surface area contributed by atoms with Crippen LogP contribution in [0.2, 0.25) is 5.02 Å². The van der Waals surface area contributed by atoms with Crippen molar-refractivity contribution >= 4 is 65.4 Å². The van der Waals surface area contributed by atoms with Crippen LogP contribution >= 0.6 is 27.5 Å². The van der Waals surface area contributed by atoms with E-state index in [0.29, 0.717) is 11.0 Å². The molecule has 0 spiro atoms. The number of anilines is 1. The third-order valence-electron chi connectivity index (χ3n) is 4.36. The summed E-state index contributed by atoms with van der Waals surface area (Å²) in [6.45, 7) is 0. The van der Waals surface area contributed by atoms with E-state index >= 15 is 0 Å². The van der Waals surface area contributed by atoms with Crippen LogP contribution in [0.1, 0.15) is 0 Å². The number of halogens is 2. The number of oxazole rings is 1. The fourth-order valence-electron chi connectivity index (χ4n) is 3.03. The van der Waals surface area contributed by atoms with E-state index in [2.05, 4.69) is 25.6 Å². The fourth-order valence-corrected chi connectivity index (χ4v) is 5.94. The summed E-state index contributed by atoms with van der Waals surface area (Å²) in [4.78, 5) is 25.6. The third-order valence-corrected chi connectivity index (χ3v) is 7.18. The van der Waals surface area contributed by atoms with Crippen LogP contribution < -0.4 is 16.2 Å². The Morgan fingerprint density at radius 1 is 1.14 bits per heavy atom. The normalized spacial score (nSPS) is 12.1. The first-order valence-corrected chi connectivity index (χ1v) is 10.4. The van der Waals surface area contributed by atoms with Gasteiger partial charge in [-0.25, -0.2) is 18.0 Å². The van der Waals surface area contributed by atoms with Crippen LogP contribution in [0, 0.1) is 0 Å². The Morgan fingerprint density at radius 3 is 2.54 bits per heavy atom. The van der Waals surface area contributed by atoms with Gasteiger partial charge in [0.05, 0.1) is 22.2 Å². The average Bonchev–Trinajstić information content (AvgIpc) is 3.08. The first kappa shape index (κ1) is 18.8. The highest BCUT2D eigenvalue weighted by Gasteiger charge is 2.26. The van der Waals surface area contributed by atoms with Gasteiger partial charge in [-0.1, -0.05) is 11.6 Å². The zero-order chi connectivity index (χ0) is 20.4. The van der Waals surface area contributed by atoms with Crippen LogP contribution in [0.5, 0.6) is 0 Å². The van der Waals surface area contributed by atoms with Gasteiger partial charge >= 0.3 is 11.4 Å². The Morgan fingerprint density at radius 2 is 1.82 bits per heavy atom. The maximum atomic E-state index is 13.0. The molecule has 4 rings (SSSR count). The first-order valence-electron chi connectivity index (χ1n) is 7.79. The van der Waals surface area contributed by atoms with Crippen molar-refractivity contribution in [3.05, 3.63) is 54.8 Å². The maximum Gasteiger partial charge on any atom is 0.417 e. The Balaban J connectivity index is 1.85. The van der Waals surface area contributed by atoms with E-state index < -0.39 is 15.8 Å². The van der Waals surface area contributed by atoms with E-state index in [1.54, 1.807) is 26.2 Å². The predicted octanol–water partition coefficient (Wildman–Crippen LogP) is 2.53. The topological polar surface area (TPSA) is 119 Å². The number of nitrogens with zero attached hydrogens (tertiary/aromatic N) is 2. The minimum Gasteiger partial charge on any atom is -0.406 e. The van der Waals surface area contributed by atoms with Gasteiger partial charge in [0.1, 0.15) is 9.92 Å². The number of sulfonamides is 1. The predicted molar refractivity (Wildman–Crippen MR) is 109 cm³/mol. The second-order valence-electron chi connectivity index (χ2n) is 6.10. The molecule has 2 aromatic carbocycles. The molecule has 0 fully saturated rings. The van der Waals surface area contributed by atoms with Gasteiger partial charge in [-0.2, -0.15) is 0 Å². The minimum absolute atomic E-state index is 0.0591. The van der Waals surface area contributed by atoms with Crippen LogP contribution in [-0.2, 0) is 24.1 Å². The summed E-state index contributed by atoms with van der Waals surface area (Å²) in [5, 5.41) is -0.233. The smallest absolute Gasteiger partial charge is 0.406 e. The van der Waals surface area contributed by atoms with Crippen LogP contribution in [0.3, 0.4) is 0 Å². The second-order valence-corrected chi connectivity index (χ2v) is 8.95. The summed E-state index contributed by atoms with van der Waals surface area (Å²) in [7, 11) is -0.915. The molecule has 0 aliphatic heterocycles. The summed E-state index contributed by atoms with van der Waals surface area (Å²) in [5.41, 5.74) is 1.44.